The molecule has 0 aromatic heterocycles. The summed E-state index contributed by atoms with van der Waals surface area (Å²) >= 11 is 0. The van der Waals surface area contributed by atoms with E-state index in [9.17, 15) is 9.59 Å². The smallest absolute Gasteiger partial charge is 0.235 e. The van der Waals surface area contributed by atoms with Gasteiger partial charge in [-0.1, -0.05) is 13.3 Å². The van der Waals surface area contributed by atoms with Gasteiger partial charge in [-0.15, -0.1) is 0 Å². The molecule has 0 saturated carbocycles. The van der Waals surface area contributed by atoms with Crippen molar-refractivity contribution in [2.45, 2.75) is 26.2 Å². The van der Waals surface area contributed by atoms with Crippen molar-refractivity contribution in [1.82, 2.24) is 10.3 Å². The Labute approximate surface area is 83.6 Å². The summed E-state index contributed by atoms with van der Waals surface area (Å²) in [5, 5.41) is 0. The zero-order valence-corrected chi connectivity index (χ0v) is 8.45. The highest BCUT2D eigenvalue weighted by molar-refractivity contribution is 5.80. The van der Waals surface area contributed by atoms with Crippen molar-refractivity contribution in [3.8, 4) is 0 Å². The lowest BCUT2D eigenvalue weighted by atomic mass is 10.1. The van der Waals surface area contributed by atoms with E-state index in [4.69, 9.17) is 5.84 Å². The Morgan fingerprint density at radius 1 is 1.71 bits per heavy atom. The average molecular weight is 199 g/mol. The van der Waals surface area contributed by atoms with Crippen LogP contribution in [0.25, 0.3) is 0 Å². The highest BCUT2D eigenvalue weighted by Gasteiger charge is 2.27. The predicted octanol–water partition coefficient (Wildman–Crippen LogP) is -0.375. The summed E-state index contributed by atoms with van der Waals surface area (Å²) in [5.74, 6) is 5.33. The van der Waals surface area contributed by atoms with E-state index in [0.29, 0.717) is 25.3 Å². The molecule has 0 bridgehead atoms. The van der Waals surface area contributed by atoms with Crippen molar-refractivity contribution in [3.63, 3.8) is 0 Å². The molecule has 0 spiro atoms. The monoisotopic (exact) mass is 199 g/mol. The van der Waals surface area contributed by atoms with Crippen molar-refractivity contribution in [2.75, 3.05) is 13.1 Å². The maximum atomic E-state index is 11.4. The molecule has 1 fully saturated rings. The largest absolute Gasteiger partial charge is 0.342 e. The Morgan fingerprint density at radius 2 is 2.43 bits per heavy atom. The van der Waals surface area contributed by atoms with E-state index in [-0.39, 0.29) is 11.8 Å². The van der Waals surface area contributed by atoms with Crippen molar-refractivity contribution in [2.24, 2.45) is 11.8 Å². The number of hydrazine groups is 1. The molecule has 1 unspecified atom stereocenters. The number of hydrogen-bond donors (Lipinski definition) is 2. The van der Waals surface area contributed by atoms with E-state index in [1.807, 2.05) is 0 Å². The number of carbonyl (C=O) groups is 2. The first-order chi connectivity index (χ1) is 6.67. The molecule has 1 heterocycles. The van der Waals surface area contributed by atoms with Crippen LogP contribution in [0.4, 0.5) is 0 Å². The van der Waals surface area contributed by atoms with Gasteiger partial charge in [0.05, 0.1) is 0 Å². The minimum atomic E-state index is -0.224. The third-order valence-corrected chi connectivity index (χ3v) is 2.64. The van der Waals surface area contributed by atoms with Crippen LogP contribution >= 0.6 is 0 Å². The number of nitrogens with zero attached hydrogens (tertiary/aromatic N) is 1. The first-order valence-corrected chi connectivity index (χ1v) is 4.94. The molecule has 1 atom stereocenters. The van der Waals surface area contributed by atoms with Gasteiger partial charge in [0.1, 0.15) is 0 Å². The van der Waals surface area contributed by atoms with Crippen LogP contribution in [0.2, 0.25) is 0 Å². The lowest BCUT2D eigenvalue weighted by Crippen LogP contribution is -2.34. The van der Waals surface area contributed by atoms with E-state index in [1.54, 1.807) is 4.90 Å². The van der Waals surface area contributed by atoms with E-state index in [0.717, 1.165) is 13.0 Å². The van der Waals surface area contributed by atoms with Gasteiger partial charge in [0.2, 0.25) is 11.8 Å². The van der Waals surface area contributed by atoms with Gasteiger partial charge in [0.25, 0.3) is 0 Å². The minimum Gasteiger partial charge on any atom is -0.342 e. The molecule has 5 nitrogen and oxygen atoms in total. The second-order valence-electron chi connectivity index (χ2n) is 3.64. The highest BCUT2D eigenvalue weighted by atomic mass is 16.2. The third kappa shape index (κ3) is 2.70. The van der Waals surface area contributed by atoms with Crippen LogP contribution in [-0.4, -0.2) is 29.8 Å². The number of nitrogens with one attached hydrogen (secondary N) is 1. The van der Waals surface area contributed by atoms with E-state index < -0.39 is 0 Å². The van der Waals surface area contributed by atoms with Crippen LogP contribution in [-0.2, 0) is 9.59 Å². The minimum absolute atomic E-state index is 0.154. The molecule has 3 N–H and O–H groups in total. The molecule has 1 saturated heterocycles. The molecule has 0 radical (unpaired) electrons. The molecule has 1 rings (SSSR count). The Morgan fingerprint density at radius 3 is 2.93 bits per heavy atom. The second kappa shape index (κ2) is 4.95. The first-order valence-electron chi connectivity index (χ1n) is 4.94. The lowest BCUT2D eigenvalue weighted by molar-refractivity contribution is -0.128. The molecule has 1 aliphatic rings. The second-order valence-corrected chi connectivity index (χ2v) is 3.64. The van der Waals surface area contributed by atoms with Crippen LogP contribution in [0.1, 0.15) is 26.2 Å². The van der Waals surface area contributed by atoms with Crippen LogP contribution in [0.3, 0.4) is 0 Å². The third-order valence-electron chi connectivity index (χ3n) is 2.64. The summed E-state index contributed by atoms with van der Waals surface area (Å²) in [7, 11) is 0. The number of carbonyl (C=O) groups excluding carboxylic acids is 2. The van der Waals surface area contributed by atoms with E-state index in [2.05, 4.69) is 12.3 Å². The molecule has 80 valence electrons. The number of nitrogens with two attached hydrogens (primary N) is 1. The maximum Gasteiger partial charge on any atom is 0.235 e. The Kier molecular flexibility index (Phi) is 3.88. The SMILES string of the molecule is CCC1CC(=O)N(CCC(=O)NN)C1. The summed E-state index contributed by atoms with van der Waals surface area (Å²) in [6, 6.07) is 0. The fraction of sp³-hybridized carbons (Fsp3) is 0.778. The van der Waals surface area contributed by atoms with Crippen LogP contribution in [0, 0.1) is 5.92 Å². The highest BCUT2D eigenvalue weighted by Crippen LogP contribution is 2.20. The van der Waals surface area contributed by atoms with Gasteiger partial charge in [0.15, 0.2) is 0 Å². The Balaban J connectivity index is 2.32. The van der Waals surface area contributed by atoms with E-state index >= 15 is 0 Å². The van der Waals surface area contributed by atoms with Crippen molar-refractivity contribution < 1.29 is 9.59 Å². The fourth-order valence-electron chi connectivity index (χ4n) is 1.65. The van der Waals surface area contributed by atoms with Gasteiger partial charge in [-0.05, 0) is 5.92 Å². The van der Waals surface area contributed by atoms with Crippen molar-refractivity contribution >= 4 is 11.8 Å². The molecule has 5 heteroatoms. The molecule has 0 aromatic rings. The van der Waals surface area contributed by atoms with Gasteiger partial charge in [0, 0.05) is 25.9 Å². The summed E-state index contributed by atoms with van der Waals surface area (Å²) in [6.45, 7) is 3.35. The molecular weight excluding hydrogens is 182 g/mol. The van der Waals surface area contributed by atoms with Crippen LogP contribution < -0.4 is 11.3 Å². The number of likely N-dealkylation sites (tertiary alicyclic amines) is 1. The van der Waals surface area contributed by atoms with Gasteiger partial charge in [-0.25, -0.2) is 5.84 Å². The Bertz CT molecular complexity index is 230. The number of hydrogen-bond acceptors (Lipinski definition) is 3. The van der Waals surface area contributed by atoms with Gasteiger partial charge in [-0.3, -0.25) is 15.0 Å². The predicted molar refractivity (Wildman–Crippen MR) is 51.9 cm³/mol. The standard InChI is InChI=1S/C9H17N3O2/c1-2-7-5-9(14)12(6-7)4-3-8(13)11-10/h7H,2-6,10H2,1H3,(H,11,13). The van der Waals surface area contributed by atoms with Gasteiger partial charge in [-0.2, -0.15) is 0 Å². The summed E-state index contributed by atoms with van der Waals surface area (Å²) in [4.78, 5) is 24.0. The van der Waals surface area contributed by atoms with Crippen molar-refractivity contribution in [1.29, 1.82) is 0 Å². The van der Waals surface area contributed by atoms with E-state index in [1.165, 1.54) is 0 Å². The van der Waals surface area contributed by atoms with Crippen LogP contribution in [0.5, 0.6) is 0 Å². The number of amides is 2. The number of rotatable bonds is 4. The molecular formula is C9H17N3O2. The zero-order chi connectivity index (χ0) is 10.6. The summed E-state index contributed by atoms with van der Waals surface area (Å²) < 4.78 is 0. The van der Waals surface area contributed by atoms with Crippen LogP contribution in [0.15, 0.2) is 0 Å². The first kappa shape index (κ1) is 11.0. The normalized spacial score (nSPS) is 21.4. The van der Waals surface area contributed by atoms with Crippen molar-refractivity contribution in [3.05, 3.63) is 0 Å². The maximum absolute atomic E-state index is 11.4. The zero-order valence-electron chi connectivity index (χ0n) is 8.45. The molecule has 14 heavy (non-hydrogen) atoms. The lowest BCUT2D eigenvalue weighted by Gasteiger charge is -2.15. The molecule has 1 aliphatic heterocycles. The average Bonchev–Trinajstić information content (AvgIpc) is 2.55. The van der Waals surface area contributed by atoms with Gasteiger partial charge >= 0.3 is 0 Å². The fourth-order valence-corrected chi connectivity index (χ4v) is 1.65. The summed E-state index contributed by atoms with van der Waals surface area (Å²) in [6.07, 6.45) is 1.94. The quantitative estimate of drug-likeness (QED) is 0.368. The Hall–Kier alpha value is -1.10. The molecule has 0 aromatic carbocycles. The van der Waals surface area contributed by atoms with Gasteiger partial charge < -0.3 is 4.90 Å². The molecule has 2 amide bonds. The topological polar surface area (TPSA) is 75.4 Å². The molecule has 0 aliphatic carbocycles. The summed E-state index contributed by atoms with van der Waals surface area (Å²) in [5.41, 5.74) is 2.05.